The van der Waals surface area contributed by atoms with Crippen molar-refractivity contribution in [2.45, 2.75) is 19.5 Å². The summed E-state index contributed by atoms with van der Waals surface area (Å²) in [6, 6.07) is 5.49. The molecule has 1 aromatic carbocycles. The van der Waals surface area contributed by atoms with Crippen LogP contribution >= 0.6 is 23.2 Å². The number of benzene rings is 1. The number of fused-ring (bicyclic) bond motifs is 1. The molecule has 1 aliphatic rings. The molecule has 1 amide bonds. The van der Waals surface area contributed by atoms with Crippen molar-refractivity contribution in [1.29, 1.82) is 0 Å². The van der Waals surface area contributed by atoms with E-state index >= 15 is 0 Å². The van der Waals surface area contributed by atoms with Gasteiger partial charge in [-0.1, -0.05) is 29.3 Å². The average Bonchev–Trinajstić information content (AvgIpc) is 2.49. The zero-order valence-electron chi connectivity index (χ0n) is 11.7. The van der Waals surface area contributed by atoms with Gasteiger partial charge in [0, 0.05) is 35.9 Å². The second kappa shape index (κ2) is 6.20. The third kappa shape index (κ3) is 3.21. The fourth-order valence-electron chi connectivity index (χ4n) is 2.50. The Kier molecular flexibility index (Phi) is 4.29. The number of hydrogen-bond donors (Lipinski definition) is 1. The molecular weight excluding hydrogens is 323 g/mol. The minimum Gasteiger partial charge on any atom is -0.363 e. The number of carbonyl (C=O) groups excluding carboxylic acids is 1. The third-order valence-corrected chi connectivity index (χ3v) is 4.24. The molecule has 2 heterocycles. The number of primary amides is 1. The van der Waals surface area contributed by atoms with Gasteiger partial charge in [0.15, 0.2) is 0 Å². The van der Waals surface area contributed by atoms with Crippen LogP contribution in [-0.4, -0.2) is 27.3 Å². The summed E-state index contributed by atoms with van der Waals surface area (Å²) in [4.78, 5) is 21.7. The van der Waals surface area contributed by atoms with Crippen molar-refractivity contribution in [1.82, 2.24) is 14.9 Å². The zero-order valence-corrected chi connectivity index (χ0v) is 13.2. The highest BCUT2D eigenvalue weighted by atomic mass is 35.5. The van der Waals surface area contributed by atoms with E-state index in [9.17, 15) is 4.79 Å². The quantitative estimate of drug-likeness (QED) is 0.934. The lowest BCUT2D eigenvalue weighted by molar-refractivity contribution is 0.0989. The van der Waals surface area contributed by atoms with Crippen LogP contribution in [0.1, 0.15) is 27.4 Å². The highest BCUT2D eigenvalue weighted by Gasteiger charge is 2.20. The van der Waals surface area contributed by atoms with Crippen molar-refractivity contribution in [3.8, 4) is 0 Å². The Hall–Kier alpha value is -1.69. The number of halogens is 2. The Morgan fingerprint density at radius 1 is 1.36 bits per heavy atom. The monoisotopic (exact) mass is 336 g/mol. The molecule has 0 fully saturated rings. The van der Waals surface area contributed by atoms with Crippen molar-refractivity contribution in [3.63, 3.8) is 0 Å². The molecule has 2 N–H and O–H groups in total. The van der Waals surface area contributed by atoms with E-state index in [1.807, 2.05) is 12.1 Å². The maximum atomic E-state index is 11.2. The normalized spacial score (nSPS) is 14.6. The Labute approximate surface area is 138 Å². The van der Waals surface area contributed by atoms with Crippen LogP contribution in [0.5, 0.6) is 0 Å². The molecule has 7 heteroatoms. The van der Waals surface area contributed by atoms with Crippen LogP contribution < -0.4 is 5.73 Å². The highest BCUT2D eigenvalue weighted by Crippen LogP contribution is 2.24. The third-order valence-electron chi connectivity index (χ3n) is 3.65. The first-order chi connectivity index (χ1) is 10.5. The summed E-state index contributed by atoms with van der Waals surface area (Å²) in [5.41, 5.74) is 8.15. The lowest BCUT2D eigenvalue weighted by atomic mass is 10.1. The zero-order chi connectivity index (χ0) is 15.7. The maximum Gasteiger partial charge on any atom is 0.286 e. The molecule has 22 heavy (non-hydrogen) atoms. The van der Waals surface area contributed by atoms with Gasteiger partial charge in [0.25, 0.3) is 5.91 Å². The van der Waals surface area contributed by atoms with Gasteiger partial charge in [-0.25, -0.2) is 9.97 Å². The molecule has 0 saturated carbocycles. The van der Waals surface area contributed by atoms with E-state index in [-0.39, 0.29) is 5.82 Å². The van der Waals surface area contributed by atoms with Crippen molar-refractivity contribution in [2.24, 2.45) is 5.73 Å². The van der Waals surface area contributed by atoms with Crippen LogP contribution in [0.3, 0.4) is 0 Å². The summed E-state index contributed by atoms with van der Waals surface area (Å²) in [7, 11) is 0. The lowest BCUT2D eigenvalue weighted by Crippen LogP contribution is -2.32. The van der Waals surface area contributed by atoms with Gasteiger partial charge >= 0.3 is 0 Å². The molecule has 0 bridgehead atoms. The van der Waals surface area contributed by atoms with Crippen molar-refractivity contribution >= 4 is 29.1 Å². The number of hydrogen-bond acceptors (Lipinski definition) is 4. The standard InChI is InChI=1S/C15H14Cl2N4O/c16-11-2-1-10(12(17)5-11)7-21-4-3-9-6-19-15(14(18)22)20-13(9)8-21/h1-2,5-6H,3-4,7-8H2,(H2,18,22). The Balaban J connectivity index is 1.78. The fraction of sp³-hybridized carbons (Fsp3) is 0.267. The lowest BCUT2D eigenvalue weighted by Gasteiger charge is -2.28. The number of carbonyl (C=O) groups is 1. The minimum absolute atomic E-state index is 0.0603. The SMILES string of the molecule is NC(=O)c1ncc2c(n1)CN(Cc1ccc(Cl)cc1Cl)CC2. The first-order valence-corrected chi connectivity index (χ1v) is 7.59. The maximum absolute atomic E-state index is 11.2. The molecule has 0 atom stereocenters. The van der Waals surface area contributed by atoms with Crippen molar-refractivity contribution in [3.05, 3.63) is 57.1 Å². The molecule has 0 spiro atoms. The minimum atomic E-state index is -0.610. The molecule has 1 aromatic heterocycles. The van der Waals surface area contributed by atoms with Gasteiger partial charge in [-0.2, -0.15) is 0 Å². The predicted octanol–water partition coefficient (Wildman–Crippen LogP) is 2.44. The highest BCUT2D eigenvalue weighted by molar-refractivity contribution is 6.35. The second-order valence-corrected chi connectivity index (χ2v) is 6.07. The molecule has 0 aliphatic carbocycles. The van der Waals surface area contributed by atoms with Gasteiger partial charge in [-0.15, -0.1) is 0 Å². The van der Waals surface area contributed by atoms with Crippen LogP contribution in [0.2, 0.25) is 10.0 Å². The van der Waals surface area contributed by atoms with E-state index in [2.05, 4.69) is 14.9 Å². The summed E-state index contributed by atoms with van der Waals surface area (Å²) in [6.07, 6.45) is 2.52. The summed E-state index contributed by atoms with van der Waals surface area (Å²) in [5.74, 6) is -0.550. The average molecular weight is 337 g/mol. The van der Waals surface area contributed by atoms with E-state index in [4.69, 9.17) is 28.9 Å². The van der Waals surface area contributed by atoms with E-state index in [0.29, 0.717) is 23.1 Å². The van der Waals surface area contributed by atoms with E-state index < -0.39 is 5.91 Å². The summed E-state index contributed by atoms with van der Waals surface area (Å²) in [6.45, 7) is 2.22. The number of rotatable bonds is 3. The van der Waals surface area contributed by atoms with E-state index in [1.165, 1.54) is 0 Å². The van der Waals surface area contributed by atoms with Gasteiger partial charge in [0.05, 0.1) is 5.69 Å². The number of aromatic nitrogens is 2. The van der Waals surface area contributed by atoms with Crippen LogP contribution in [0.15, 0.2) is 24.4 Å². The van der Waals surface area contributed by atoms with E-state index in [1.54, 1.807) is 12.3 Å². The van der Waals surface area contributed by atoms with Gasteiger partial charge < -0.3 is 5.73 Å². The van der Waals surface area contributed by atoms with Crippen molar-refractivity contribution in [2.75, 3.05) is 6.54 Å². The van der Waals surface area contributed by atoms with E-state index in [0.717, 1.165) is 29.8 Å². The topological polar surface area (TPSA) is 72.1 Å². The number of amides is 1. The van der Waals surface area contributed by atoms with Gasteiger partial charge in [0.2, 0.25) is 5.82 Å². The molecule has 114 valence electrons. The smallest absolute Gasteiger partial charge is 0.286 e. The van der Waals surface area contributed by atoms with Crippen molar-refractivity contribution < 1.29 is 4.79 Å². The van der Waals surface area contributed by atoms with Crippen LogP contribution in [0.4, 0.5) is 0 Å². The number of nitrogens with zero attached hydrogens (tertiary/aromatic N) is 3. The Morgan fingerprint density at radius 3 is 2.91 bits per heavy atom. The second-order valence-electron chi connectivity index (χ2n) is 5.23. The van der Waals surface area contributed by atoms with Crippen LogP contribution in [0.25, 0.3) is 0 Å². The first-order valence-electron chi connectivity index (χ1n) is 6.84. The molecular formula is C15H14Cl2N4O. The van der Waals surface area contributed by atoms with Gasteiger partial charge in [0.1, 0.15) is 0 Å². The number of nitrogens with two attached hydrogens (primary N) is 1. The summed E-state index contributed by atoms with van der Waals surface area (Å²) < 4.78 is 0. The molecule has 0 saturated heterocycles. The predicted molar refractivity (Wildman–Crippen MR) is 84.8 cm³/mol. The van der Waals surface area contributed by atoms with Gasteiger partial charge in [-0.3, -0.25) is 9.69 Å². The Bertz CT molecular complexity index is 735. The molecule has 0 unspecified atom stereocenters. The largest absolute Gasteiger partial charge is 0.363 e. The molecule has 0 radical (unpaired) electrons. The summed E-state index contributed by atoms with van der Waals surface area (Å²) >= 11 is 12.1. The first kappa shape index (κ1) is 15.2. The Morgan fingerprint density at radius 2 is 2.18 bits per heavy atom. The summed E-state index contributed by atoms with van der Waals surface area (Å²) in [5, 5.41) is 1.27. The molecule has 1 aliphatic heterocycles. The molecule has 5 nitrogen and oxygen atoms in total. The molecule has 2 aromatic rings. The fourth-order valence-corrected chi connectivity index (χ4v) is 2.97. The van der Waals surface area contributed by atoms with Crippen LogP contribution in [0, 0.1) is 0 Å². The molecule has 3 rings (SSSR count). The van der Waals surface area contributed by atoms with Gasteiger partial charge in [-0.05, 0) is 29.7 Å². The van der Waals surface area contributed by atoms with Crippen LogP contribution in [-0.2, 0) is 19.5 Å².